The van der Waals surface area contributed by atoms with Gasteiger partial charge in [-0.1, -0.05) is 31.5 Å². The molecule has 1 amide bonds. The second-order valence-electron chi connectivity index (χ2n) is 6.50. The Bertz CT molecular complexity index is 768. The quantitative estimate of drug-likeness (QED) is 0.537. The summed E-state index contributed by atoms with van der Waals surface area (Å²) in [6, 6.07) is 12.8. The van der Waals surface area contributed by atoms with Crippen LogP contribution >= 0.6 is 0 Å². The Morgan fingerprint density at radius 1 is 1.00 bits per heavy atom. The molecule has 0 saturated carbocycles. The largest absolute Gasteiger partial charge is 0.494 e. The van der Waals surface area contributed by atoms with Crippen molar-refractivity contribution in [3.05, 3.63) is 64.7 Å². The van der Waals surface area contributed by atoms with E-state index in [-0.39, 0.29) is 12.5 Å². The highest BCUT2D eigenvalue weighted by Gasteiger charge is 2.10. The number of amides is 1. The van der Waals surface area contributed by atoms with Crippen molar-refractivity contribution in [1.82, 2.24) is 5.32 Å². The third-order valence-electron chi connectivity index (χ3n) is 4.25. The number of benzene rings is 2. The molecule has 0 radical (unpaired) electrons. The minimum atomic E-state index is -0.531. The first kappa shape index (κ1) is 20.5. The summed E-state index contributed by atoms with van der Waals surface area (Å²) < 4.78 is 10.6. The molecule has 2 aromatic rings. The maximum atomic E-state index is 12.0. The summed E-state index contributed by atoms with van der Waals surface area (Å²) in [4.78, 5) is 23.9. The van der Waals surface area contributed by atoms with Gasteiger partial charge in [-0.2, -0.15) is 0 Å². The molecule has 0 spiro atoms. The predicted molar refractivity (Wildman–Crippen MR) is 105 cm³/mol. The summed E-state index contributed by atoms with van der Waals surface area (Å²) in [7, 11) is 0. The van der Waals surface area contributed by atoms with E-state index in [1.165, 1.54) is 11.1 Å². The highest BCUT2D eigenvalue weighted by atomic mass is 16.5. The van der Waals surface area contributed by atoms with Crippen molar-refractivity contribution < 1.29 is 19.1 Å². The van der Waals surface area contributed by atoms with E-state index in [0.29, 0.717) is 24.5 Å². The van der Waals surface area contributed by atoms with Gasteiger partial charge < -0.3 is 14.8 Å². The smallest absolute Gasteiger partial charge is 0.338 e. The molecule has 0 aliphatic heterocycles. The molecule has 2 rings (SSSR count). The van der Waals surface area contributed by atoms with E-state index in [9.17, 15) is 9.59 Å². The third kappa shape index (κ3) is 6.77. The average molecular weight is 369 g/mol. The molecule has 0 bridgehead atoms. The van der Waals surface area contributed by atoms with Gasteiger partial charge >= 0.3 is 5.97 Å². The molecule has 0 aliphatic carbocycles. The maximum Gasteiger partial charge on any atom is 0.338 e. The van der Waals surface area contributed by atoms with Crippen LogP contribution in [0.5, 0.6) is 5.75 Å². The minimum Gasteiger partial charge on any atom is -0.494 e. The van der Waals surface area contributed by atoms with Crippen LogP contribution in [-0.2, 0) is 16.1 Å². The fourth-order valence-corrected chi connectivity index (χ4v) is 2.40. The molecule has 0 fully saturated rings. The summed E-state index contributed by atoms with van der Waals surface area (Å²) in [5.74, 6) is -0.149. The van der Waals surface area contributed by atoms with Crippen LogP contribution in [0.4, 0.5) is 0 Å². The third-order valence-corrected chi connectivity index (χ3v) is 4.25. The second-order valence-corrected chi connectivity index (χ2v) is 6.50. The number of esters is 1. The van der Waals surface area contributed by atoms with Gasteiger partial charge in [0.25, 0.3) is 5.91 Å². The lowest BCUT2D eigenvalue weighted by atomic mass is 10.1. The van der Waals surface area contributed by atoms with Gasteiger partial charge in [-0.05, 0) is 61.2 Å². The van der Waals surface area contributed by atoms with Crippen LogP contribution in [0.3, 0.4) is 0 Å². The monoisotopic (exact) mass is 369 g/mol. The van der Waals surface area contributed by atoms with Crippen LogP contribution in [0.15, 0.2) is 42.5 Å². The van der Waals surface area contributed by atoms with E-state index >= 15 is 0 Å². The summed E-state index contributed by atoms with van der Waals surface area (Å²) in [5, 5.41) is 2.75. The first-order valence-electron chi connectivity index (χ1n) is 9.22. The molecule has 144 valence electrons. The highest BCUT2D eigenvalue weighted by molar-refractivity contribution is 5.91. The lowest BCUT2D eigenvalue weighted by molar-refractivity contribution is -0.124. The topological polar surface area (TPSA) is 64.6 Å². The van der Waals surface area contributed by atoms with Crippen molar-refractivity contribution in [2.24, 2.45) is 0 Å². The van der Waals surface area contributed by atoms with Gasteiger partial charge in [0.2, 0.25) is 0 Å². The molecule has 0 heterocycles. The van der Waals surface area contributed by atoms with Gasteiger partial charge in [-0.15, -0.1) is 0 Å². The van der Waals surface area contributed by atoms with Gasteiger partial charge in [0.05, 0.1) is 12.2 Å². The van der Waals surface area contributed by atoms with Crippen LogP contribution in [0.1, 0.15) is 46.8 Å². The van der Waals surface area contributed by atoms with E-state index in [0.717, 1.165) is 18.4 Å². The molecule has 0 aliphatic rings. The molecule has 0 atom stereocenters. The maximum absolute atomic E-state index is 12.0. The Morgan fingerprint density at radius 3 is 2.41 bits per heavy atom. The van der Waals surface area contributed by atoms with Gasteiger partial charge in [-0.25, -0.2) is 4.79 Å². The van der Waals surface area contributed by atoms with Crippen molar-refractivity contribution in [2.75, 3.05) is 13.2 Å². The highest BCUT2D eigenvalue weighted by Crippen LogP contribution is 2.13. The van der Waals surface area contributed by atoms with Crippen LogP contribution in [0.25, 0.3) is 0 Å². The molecule has 5 heteroatoms. The van der Waals surface area contributed by atoms with Crippen LogP contribution in [0, 0.1) is 13.8 Å². The number of carbonyl (C=O) groups excluding carboxylic acids is 2. The molecule has 5 nitrogen and oxygen atoms in total. The standard InChI is InChI=1S/C22H27NO4/c1-4-5-12-26-20-10-8-19(9-11-20)22(25)27-15-21(24)23-14-18-7-6-16(2)17(3)13-18/h6-11,13H,4-5,12,14-15H2,1-3H3,(H,23,24). The van der Waals surface area contributed by atoms with E-state index in [4.69, 9.17) is 9.47 Å². The molecule has 0 aromatic heterocycles. The van der Waals surface area contributed by atoms with Crippen LogP contribution < -0.4 is 10.1 Å². The number of hydrogen-bond acceptors (Lipinski definition) is 4. The molecule has 0 saturated heterocycles. The van der Waals surface area contributed by atoms with E-state index in [1.807, 2.05) is 32.0 Å². The summed E-state index contributed by atoms with van der Waals surface area (Å²) in [5.41, 5.74) is 3.78. The van der Waals surface area contributed by atoms with Gasteiger partial charge in [0, 0.05) is 6.54 Å². The van der Waals surface area contributed by atoms with Crippen molar-refractivity contribution >= 4 is 11.9 Å². The normalized spacial score (nSPS) is 10.3. The Kier molecular flexibility index (Phi) is 7.86. The summed E-state index contributed by atoms with van der Waals surface area (Å²) >= 11 is 0. The Morgan fingerprint density at radius 2 is 1.74 bits per heavy atom. The number of ether oxygens (including phenoxy) is 2. The fourth-order valence-electron chi connectivity index (χ4n) is 2.40. The molecule has 1 N–H and O–H groups in total. The van der Waals surface area contributed by atoms with Crippen molar-refractivity contribution in [3.63, 3.8) is 0 Å². The lowest BCUT2D eigenvalue weighted by Gasteiger charge is -2.09. The van der Waals surface area contributed by atoms with Crippen molar-refractivity contribution in [3.8, 4) is 5.75 Å². The molecular formula is C22H27NO4. The van der Waals surface area contributed by atoms with Gasteiger partial charge in [-0.3, -0.25) is 4.79 Å². The van der Waals surface area contributed by atoms with Crippen LogP contribution in [0.2, 0.25) is 0 Å². The minimum absolute atomic E-state index is 0.307. The van der Waals surface area contributed by atoms with E-state index in [1.54, 1.807) is 24.3 Å². The number of carbonyl (C=O) groups is 2. The molecule has 2 aromatic carbocycles. The summed E-state index contributed by atoms with van der Waals surface area (Å²) in [6.45, 7) is 6.92. The Labute approximate surface area is 160 Å². The SMILES string of the molecule is CCCCOc1ccc(C(=O)OCC(=O)NCc2ccc(C)c(C)c2)cc1. The first-order valence-corrected chi connectivity index (χ1v) is 9.22. The number of hydrogen-bond donors (Lipinski definition) is 1. The fraction of sp³-hybridized carbons (Fsp3) is 0.364. The second kappa shape index (κ2) is 10.4. The number of nitrogens with one attached hydrogen (secondary N) is 1. The number of aryl methyl sites for hydroxylation is 2. The van der Waals surface area contributed by atoms with Crippen molar-refractivity contribution in [2.45, 2.75) is 40.2 Å². The van der Waals surface area contributed by atoms with Gasteiger partial charge in [0.1, 0.15) is 5.75 Å². The molecule has 0 unspecified atom stereocenters. The number of rotatable bonds is 9. The predicted octanol–water partition coefficient (Wildman–Crippen LogP) is 3.96. The zero-order chi connectivity index (χ0) is 19.6. The summed E-state index contributed by atoms with van der Waals surface area (Å²) in [6.07, 6.45) is 2.05. The molecular weight excluding hydrogens is 342 g/mol. The Balaban J connectivity index is 1.75. The molecule has 27 heavy (non-hydrogen) atoms. The number of unbranched alkanes of at least 4 members (excludes halogenated alkanes) is 1. The van der Waals surface area contributed by atoms with E-state index < -0.39 is 5.97 Å². The average Bonchev–Trinajstić information content (AvgIpc) is 2.67. The van der Waals surface area contributed by atoms with Gasteiger partial charge in [0.15, 0.2) is 6.61 Å². The lowest BCUT2D eigenvalue weighted by Crippen LogP contribution is -2.28. The zero-order valence-corrected chi connectivity index (χ0v) is 16.2. The van der Waals surface area contributed by atoms with Crippen molar-refractivity contribution in [1.29, 1.82) is 0 Å². The van der Waals surface area contributed by atoms with E-state index in [2.05, 4.69) is 12.2 Å². The Hall–Kier alpha value is -2.82. The van der Waals surface area contributed by atoms with Crippen LogP contribution in [-0.4, -0.2) is 25.1 Å². The zero-order valence-electron chi connectivity index (χ0n) is 16.2. The first-order chi connectivity index (χ1) is 13.0.